The first-order chi connectivity index (χ1) is 11.2. The molecule has 126 valence electrons. The Bertz CT molecular complexity index is 992. The third-order valence-electron chi connectivity index (χ3n) is 3.64. The fraction of sp³-hybridized carbons (Fsp3) is 0.250. The van der Waals surface area contributed by atoms with Gasteiger partial charge in [0, 0.05) is 12.4 Å². The summed E-state index contributed by atoms with van der Waals surface area (Å²) in [6, 6.07) is 6.71. The molecule has 0 bridgehead atoms. The summed E-state index contributed by atoms with van der Waals surface area (Å²) in [6.45, 7) is 6.22. The van der Waals surface area contributed by atoms with Crippen LogP contribution in [0.5, 0.6) is 0 Å². The Labute approximate surface area is 149 Å². The summed E-state index contributed by atoms with van der Waals surface area (Å²) in [5.74, 6) is 0.389. The number of rotatable bonds is 3. The van der Waals surface area contributed by atoms with Crippen LogP contribution in [0.15, 0.2) is 52.2 Å². The second-order valence-electron chi connectivity index (χ2n) is 6.46. The molecular formula is C16H17BrN4O2S. The smallest absolute Gasteiger partial charge is 0.263 e. The number of nitrogens with one attached hydrogen (secondary N) is 1. The highest BCUT2D eigenvalue weighted by atomic mass is 79.9. The molecule has 0 spiro atoms. The van der Waals surface area contributed by atoms with Crippen molar-refractivity contribution in [2.75, 3.05) is 4.72 Å². The van der Waals surface area contributed by atoms with E-state index >= 15 is 0 Å². The molecule has 0 aliphatic carbocycles. The Morgan fingerprint density at radius 3 is 2.46 bits per heavy atom. The minimum absolute atomic E-state index is 0.137. The van der Waals surface area contributed by atoms with Crippen LogP contribution in [-0.2, 0) is 15.4 Å². The highest BCUT2D eigenvalue weighted by molar-refractivity contribution is 9.10. The summed E-state index contributed by atoms with van der Waals surface area (Å²) < 4.78 is 30.2. The molecule has 24 heavy (non-hydrogen) atoms. The van der Waals surface area contributed by atoms with Crippen LogP contribution < -0.4 is 4.72 Å². The minimum Gasteiger partial charge on any atom is -0.265 e. The van der Waals surface area contributed by atoms with Crippen LogP contribution in [0.2, 0.25) is 0 Å². The van der Waals surface area contributed by atoms with Gasteiger partial charge in [0.15, 0.2) is 0 Å². The maximum Gasteiger partial charge on any atom is 0.263 e. The van der Waals surface area contributed by atoms with E-state index in [1.807, 2.05) is 12.1 Å². The van der Waals surface area contributed by atoms with Crippen molar-refractivity contribution in [1.82, 2.24) is 14.6 Å². The van der Waals surface area contributed by atoms with E-state index in [9.17, 15) is 8.42 Å². The molecular weight excluding hydrogens is 392 g/mol. The molecule has 0 fully saturated rings. The van der Waals surface area contributed by atoms with Crippen LogP contribution in [0.4, 0.5) is 5.82 Å². The fourth-order valence-corrected chi connectivity index (χ4v) is 3.67. The van der Waals surface area contributed by atoms with E-state index in [0.29, 0.717) is 5.82 Å². The van der Waals surface area contributed by atoms with E-state index in [1.165, 1.54) is 24.5 Å². The van der Waals surface area contributed by atoms with Gasteiger partial charge in [-0.2, -0.15) is 5.10 Å². The minimum atomic E-state index is -3.72. The summed E-state index contributed by atoms with van der Waals surface area (Å²) in [5, 5.41) is 4.25. The van der Waals surface area contributed by atoms with Gasteiger partial charge in [-0.05, 0) is 51.2 Å². The first kappa shape index (κ1) is 16.9. The molecule has 0 atom stereocenters. The Morgan fingerprint density at radius 2 is 1.83 bits per heavy atom. The predicted octanol–water partition coefficient (Wildman–Crippen LogP) is 3.59. The van der Waals surface area contributed by atoms with Gasteiger partial charge in [-0.1, -0.05) is 20.8 Å². The second-order valence-corrected chi connectivity index (χ2v) is 8.99. The van der Waals surface area contributed by atoms with E-state index < -0.39 is 10.0 Å². The Morgan fingerprint density at radius 1 is 1.17 bits per heavy atom. The molecule has 3 aromatic heterocycles. The Kier molecular flexibility index (Phi) is 4.13. The first-order valence-corrected chi connectivity index (χ1v) is 9.57. The molecule has 0 aliphatic heterocycles. The highest BCUT2D eigenvalue weighted by Crippen LogP contribution is 2.30. The topological polar surface area (TPSA) is 76.4 Å². The zero-order valence-corrected chi connectivity index (χ0v) is 15.9. The van der Waals surface area contributed by atoms with Gasteiger partial charge < -0.3 is 0 Å². The average molecular weight is 409 g/mol. The molecule has 0 radical (unpaired) electrons. The lowest BCUT2D eigenvalue weighted by Gasteiger charge is -2.21. The van der Waals surface area contributed by atoms with Crippen LogP contribution in [0, 0.1) is 0 Å². The standard InChI is InChI=1S/C16H17BrN4O2S/c1-16(2,3)11-8-14-13(17)10-19-21(14)15(9-11)20-24(22,23)12-4-6-18-7-5-12/h4-10,20H,1-3H3. The van der Waals surface area contributed by atoms with Crippen molar-refractivity contribution in [3.8, 4) is 0 Å². The third-order valence-corrected chi connectivity index (χ3v) is 5.62. The number of anilines is 1. The molecule has 0 saturated heterocycles. The van der Waals surface area contributed by atoms with Gasteiger partial charge in [-0.25, -0.2) is 12.9 Å². The highest BCUT2D eigenvalue weighted by Gasteiger charge is 2.21. The molecule has 0 unspecified atom stereocenters. The summed E-state index contributed by atoms with van der Waals surface area (Å²) in [6.07, 6.45) is 4.53. The van der Waals surface area contributed by atoms with Crippen molar-refractivity contribution >= 4 is 37.3 Å². The zero-order chi connectivity index (χ0) is 17.5. The van der Waals surface area contributed by atoms with E-state index in [1.54, 1.807) is 10.7 Å². The number of hydrogen-bond donors (Lipinski definition) is 1. The lowest BCUT2D eigenvalue weighted by Crippen LogP contribution is -2.18. The van der Waals surface area contributed by atoms with Gasteiger partial charge in [0.25, 0.3) is 10.0 Å². The fourth-order valence-electron chi connectivity index (χ4n) is 2.28. The first-order valence-electron chi connectivity index (χ1n) is 7.29. The SMILES string of the molecule is CC(C)(C)c1cc(NS(=O)(=O)c2ccncc2)n2ncc(Br)c2c1. The third kappa shape index (κ3) is 3.16. The van der Waals surface area contributed by atoms with E-state index in [-0.39, 0.29) is 10.3 Å². The number of nitrogens with zero attached hydrogens (tertiary/aromatic N) is 3. The van der Waals surface area contributed by atoms with Crippen molar-refractivity contribution in [2.45, 2.75) is 31.1 Å². The van der Waals surface area contributed by atoms with Crippen LogP contribution >= 0.6 is 15.9 Å². The lowest BCUT2D eigenvalue weighted by molar-refractivity contribution is 0.589. The van der Waals surface area contributed by atoms with Gasteiger partial charge >= 0.3 is 0 Å². The normalized spacial score (nSPS) is 12.5. The molecule has 6 nitrogen and oxygen atoms in total. The van der Waals surface area contributed by atoms with Crippen LogP contribution in [0.3, 0.4) is 0 Å². The van der Waals surface area contributed by atoms with Crippen molar-refractivity contribution < 1.29 is 8.42 Å². The van der Waals surface area contributed by atoms with Crippen molar-refractivity contribution in [3.05, 3.63) is 52.9 Å². The number of aromatic nitrogens is 3. The average Bonchev–Trinajstić information content (AvgIpc) is 2.89. The van der Waals surface area contributed by atoms with Crippen molar-refractivity contribution in [3.63, 3.8) is 0 Å². The molecule has 1 N–H and O–H groups in total. The summed E-state index contributed by atoms with van der Waals surface area (Å²) in [7, 11) is -3.72. The lowest BCUT2D eigenvalue weighted by atomic mass is 9.87. The van der Waals surface area contributed by atoms with Crippen LogP contribution in [0.1, 0.15) is 26.3 Å². The number of fused-ring (bicyclic) bond motifs is 1. The Balaban J connectivity index is 2.16. The molecule has 3 rings (SSSR count). The van der Waals surface area contributed by atoms with Gasteiger partial charge in [0.2, 0.25) is 0 Å². The summed E-state index contributed by atoms with van der Waals surface area (Å²) >= 11 is 3.46. The molecule has 3 aromatic rings. The molecule has 3 heterocycles. The molecule has 0 aliphatic rings. The van der Waals surface area contributed by atoms with Gasteiger partial charge in [-0.3, -0.25) is 9.71 Å². The number of hydrogen-bond acceptors (Lipinski definition) is 4. The quantitative estimate of drug-likeness (QED) is 0.718. The Hall–Kier alpha value is -1.93. The zero-order valence-electron chi connectivity index (χ0n) is 13.5. The second kappa shape index (κ2) is 5.86. The molecule has 8 heteroatoms. The maximum atomic E-state index is 12.6. The van der Waals surface area contributed by atoms with Gasteiger partial charge in [0.05, 0.1) is 21.1 Å². The van der Waals surface area contributed by atoms with Crippen molar-refractivity contribution in [1.29, 1.82) is 0 Å². The number of sulfonamides is 1. The number of halogens is 1. The largest absolute Gasteiger partial charge is 0.265 e. The summed E-state index contributed by atoms with van der Waals surface area (Å²) in [5.41, 5.74) is 1.67. The number of pyridine rings is 2. The van der Waals surface area contributed by atoms with Crippen LogP contribution in [0.25, 0.3) is 5.52 Å². The van der Waals surface area contributed by atoms with Crippen LogP contribution in [-0.4, -0.2) is 23.0 Å². The van der Waals surface area contributed by atoms with Gasteiger partial charge in [0.1, 0.15) is 5.82 Å². The van der Waals surface area contributed by atoms with Crippen molar-refractivity contribution in [2.24, 2.45) is 0 Å². The van der Waals surface area contributed by atoms with E-state index in [4.69, 9.17) is 0 Å². The molecule has 0 saturated carbocycles. The molecule has 0 aromatic carbocycles. The monoisotopic (exact) mass is 408 g/mol. The van der Waals surface area contributed by atoms with E-state index in [2.05, 4.69) is 51.5 Å². The summed E-state index contributed by atoms with van der Waals surface area (Å²) in [4.78, 5) is 4.00. The maximum absolute atomic E-state index is 12.6. The van der Waals surface area contributed by atoms with E-state index in [0.717, 1.165) is 15.6 Å². The predicted molar refractivity (Wildman–Crippen MR) is 96.6 cm³/mol. The molecule has 0 amide bonds. The van der Waals surface area contributed by atoms with Gasteiger partial charge in [-0.15, -0.1) is 0 Å².